The molecule has 0 unspecified atom stereocenters. The summed E-state index contributed by atoms with van der Waals surface area (Å²) < 4.78 is 1.68. The maximum Gasteiger partial charge on any atom is 0.261 e. The van der Waals surface area contributed by atoms with Gasteiger partial charge < -0.3 is 15.7 Å². The molecule has 2 aromatic carbocycles. The van der Waals surface area contributed by atoms with Crippen molar-refractivity contribution in [2.45, 2.75) is 39.7 Å². The lowest BCUT2D eigenvalue weighted by atomic mass is 9.73. The van der Waals surface area contributed by atoms with E-state index in [1.165, 1.54) is 6.20 Å². The van der Waals surface area contributed by atoms with Gasteiger partial charge in [-0.3, -0.25) is 9.59 Å². The number of benzene rings is 2. The SMILES string of the molecule is Cc1ccccc1NC(=O)c1cnn2c1NC1=C(C(=O)CC(C)(C)C1)[C@@H]2c1cccc(O)c1. The number of aromatic nitrogens is 2. The van der Waals surface area contributed by atoms with Gasteiger partial charge in [0, 0.05) is 23.4 Å². The summed E-state index contributed by atoms with van der Waals surface area (Å²) in [6.07, 6.45) is 2.63. The Hall–Kier alpha value is -3.87. The summed E-state index contributed by atoms with van der Waals surface area (Å²) in [6.45, 7) is 6.07. The summed E-state index contributed by atoms with van der Waals surface area (Å²) in [6, 6.07) is 13.9. The van der Waals surface area contributed by atoms with Gasteiger partial charge in [-0.2, -0.15) is 5.10 Å². The number of aromatic hydroxyl groups is 1. The molecule has 1 amide bonds. The first-order valence-corrected chi connectivity index (χ1v) is 11.0. The van der Waals surface area contributed by atoms with Gasteiger partial charge in [0.1, 0.15) is 23.2 Å². The van der Waals surface area contributed by atoms with Gasteiger partial charge in [-0.05, 0) is 48.1 Å². The Balaban J connectivity index is 1.61. The Morgan fingerprint density at radius 3 is 2.73 bits per heavy atom. The maximum absolute atomic E-state index is 13.3. The van der Waals surface area contributed by atoms with E-state index in [0.717, 1.165) is 22.5 Å². The lowest BCUT2D eigenvalue weighted by Gasteiger charge is -2.39. The van der Waals surface area contributed by atoms with E-state index in [0.29, 0.717) is 29.8 Å². The summed E-state index contributed by atoms with van der Waals surface area (Å²) in [4.78, 5) is 26.5. The van der Waals surface area contributed by atoms with E-state index >= 15 is 0 Å². The second-order valence-corrected chi connectivity index (χ2v) is 9.58. The molecular formula is C26H26N4O3. The quantitative estimate of drug-likeness (QED) is 0.541. The fourth-order valence-electron chi connectivity index (χ4n) is 4.78. The maximum atomic E-state index is 13.3. The van der Waals surface area contributed by atoms with Crippen molar-refractivity contribution in [2.24, 2.45) is 5.41 Å². The van der Waals surface area contributed by atoms with Crippen LogP contribution in [0.5, 0.6) is 5.75 Å². The van der Waals surface area contributed by atoms with Crippen LogP contribution in [0.1, 0.15) is 54.2 Å². The highest BCUT2D eigenvalue weighted by atomic mass is 16.3. The molecule has 0 fully saturated rings. The van der Waals surface area contributed by atoms with Crippen molar-refractivity contribution in [1.82, 2.24) is 9.78 Å². The van der Waals surface area contributed by atoms with Crippen molar-refractivity contribution < 1.29 is 14.7 Å². The molecule has 3 aromatic rings. The number of amides is 1. The number of hydrogen-bond acceptors (Lipinski definition) is 5. The highest BCUT2D eigenvalue weighted by Gasteiger charge is 2.42. The number of aryl methyl sites for hydroxylation is 1. The van der Waals surface area contributed by atoms with Gasteiger partial charge in [-0.25, -0.2) is 4.68 Å². The third-order valence-electron chi connectivity index (χ3n) is 6.33. The van der Waals surface area contributed by atoms with Crippen molar-refractivity contribution in [3.63, 3.8) is 0 Å². The molecule has 5 rings (SSSR count). The number of phenolic OH excluding ortho intramolecular Hbond substituents is 1. The predicted molar refractivity (Wildman–Crippen MR) is 126 cm³/mol. The number of phenols is 1. The summed E-state index contributed by atoms with van der Waals surface area (Å²) in [7, 11) is 0. The van der Waals surface area contributed by atoms with Gasteiger partial charge >= 0.3 is 0 Å². The molecule has 1 aliphatic carbocycles. The molecule has 1 aliphatic heterocycles. The van der Waals surface area contributed by atoms with Crippen LogP contribution in [0, 0.1) is 12.3 Å². The number of nitrogens with one attached hydrogen (secondary N) is 2. The Kier molecular flexibility index (Phi) is 4.85. The van der Waals surface area contributed by atoms with E-state index in [1.807, 2.05) is 37.3 Å². The van der Waals surface area contributed by atoms with Crippen molar-refractivity contribution in [3.8, 4) is 5.75 Å². The molecule has 33 heavy (non-hydrogen) atoms. The first-order chi connectivity index (χ1) is 15.7. The normalized spacial score (nSPS) is 18.9. The van der Waals surface area contributed by atoms with Crippen molar-refractivity contribution in [3.05, 3.63) is 82.7 Å². The standard InChI is InChI=1S/C26H26N4O3/c1-15-7-4-5-10-19(15)29-25(33)18-14-27-30-23(16-8-6-9-17(31)11-16)22-20(28-24(18)30)12-26(2,3)13-21(22)32/h4-11,14,23,28,31H,12-13H2,1-3H3,(H,29,33)/t23-/m0/s1. The smallest absolute Gasteiger partial charge is 0.261 e. The fourth-order valence-corrected chi connectivity index (χ4v) is 4.78. The number of para-hydroxylation sites is 1. The van der Waals surface area contributed by atoms with Crippen molar-refractivity contribution in [2.75, 3.05) is 10.6 Å². The molecule has 2 heterocycles. The summed E-state index contributed by atoms with van der Waals surface area (Å²) in [5.74, 6) is 0.425. The van der Waals surface area contributed by atoms with Gasteiger partial charge in [0.2, 0.25) is 0 Å². The number of hydrogen-bond donors (Lipinski definition) is 3. The van der Waals surface area contributed by atoms with Crippen LogP contribution in [0.15, 0.2) is 66.0 Å². The molecule has 1 aromatic heterocycles. The molecule has 1 atom stereocenters. The molecular weight excluding hydrogens is 416 g/mol. The Bertz CT molecular complexity index is 1320. The van der Waals surface area contributed by atoms with E-state index in [2.05, 4.69) is 29.6 Å². The van der Waals surface area contributed by atoms with Crippen LogP contribution in [0.2, 0.25) is 0 Å². The highest BCUT2D eigenvalue weighted by molar-refractivity contribution is 6.08. The van der Waals surface area contributed by atoms with E-state index in [9.17, 15) is 14.7 Å². The highest BCUT2D eigenvalue weighted by Crippen LogP contribution is 2.46. The van der Waals surface area contributed by atoms with Crippen LogP contribution in [0.25, 0.3) is 0 Å². The zero-order chi connectivity index (χ0) is 23.3. The molecule has 7 heteroatoms. The first kappa shape index (κ1) is 21.0. The topological polar surface area (TPSA) is 96.3 Å². The predicted octanol–water partition coefficient (Wildman–Crippen LogP) is 4.81. The number of carbonyl (C=O) groups excluding carboxylic acids is 2. The van der Waals surface area contributed by atoms with Crippen LogP contribution >= 0.6 is 0 Å². The second kappa shape index (κ2) is 7.62. The van der Waals surface area contributed by atoms with Gasteiger partial charge in [0.25, 0.3) is 5.91 Å². The minimum Gasteiger partial charge on any atom is -0.508 e. The van der Waals surface area contributed by atoms with Gasteiger partial charge in [-0.15, -0.1) is 0 Å². The van der Waals surface area contributed by atoms with Crippen LogP contribution in [-0.4, -0.2) is 26.6 Å². The third kappa shape index (κ3) is 3.69. The molecule has 0 radical (unpaired) electrons. The van der Waals surface area contributed by atoms with E-state index < -0.39 is 6.04 Å². The van der Waals surface area contributed by atoms with Crippen molar-refractivity contribution in [1.29, 1.82) is 0 Å². The Morgan fingerprint density at radius 2 is 1.97 bits per heavy atom. The van der Waals surface area contributed by atoms with Crippen LogP contribution in [-0.2, 0) is 4.79 Å². The fraction of sp³-hybridized carbons (Fsp3) is 0.269. The molecule has 2 aliphatic rings. The van der Waals surface area contributed by atoms with Gasteiger partial charge in [0.05, 0.1) is 6.20 Å². The molecule has 7 nitrogen and oxygen atoms in total. The lowest BCUT2D eigenvalue weighted by molar-refractivity contribution is -0.118. The second-order valence-electron chi connectivity index (χ2n) is 9.58. The Morgan fingerprint density at radius 1 is 1.18 bits per heavy atom. The van der Waals surface area contributed by atoms with E-state index in [1.54, 1.807) is 22.9 Å². The molecule has 0 saturated heterocycles. The number of rotatable bonds is 3. The van der Waals surface area contributed by atoms with Gasteiger partial charge in [-0.1, -0.05) is 44.2 Å². The number of nitrogens with zero attached hydrogens (tertiary/aromatic N) is 2. The number of allylic oxidation sites excluding steroid dienone is 2. The number of fused-ring (bicyclic) bond motifs is 1. The average molecular weight is 443 g/mol. The monoisotopic (exact) mass is 442 g/mol. The van der Waals surface area contributed by atoms with E-state index in [-0.39, 0.29) is 22.9 Å². The minimum atomic E-state index is -0.521. The zero-order valence-electron chi connectivity index (χ0n) is 18.8. The van der Waals surface area contributed by atoms with Crippen LogP contribution < -0.4 is 10.6 Å². The number of carbonyl (C=O) groups is 2. The number of ketones is 1. The third-order valence-corrected chi connectivity index (χ3v) is 6.33. The van der Waals surface area contributed by atoms with Crippen LogP contribution in [0.3, 0.4) is 0 Å². The van der Waals surface area contributed by atoms with E-state index in [4.69, 9.17) is 0 Å². The van der Waals surface area contributed by atoms with Crippen LogP contribution in [0.4, 0.5) is 11.5 Å². The largest absolute Gasteiger partial charge is 0.508 e. The number of Topliss-reactive ketones (excluding diaryl/α,β-unsaturated/α-hetero) is 1. The first-order valence-electron chi connectivity index (χ1n) is 11.0. The summed E-state index contributed by atoms with van der Waals surface area (Å²) >= 11 is 0. The molecule has 0 bridgehead atoms. The average Bonchev–Trinajstić information content (AvgIpc) is 3.16. The van der Waals surface area contributed by atoms with Gasteiger partial charge in [0.15, 0.2) is 5.78 Å². The lowest BCUT2D eigenvalue weighted by Crippen LogP contribution is -2.37. The summed E-state index contributed by atoms with van der Waals surface area (Å²) in [5.41, 5.74) is 4.08. The zero-order valence-corrected chi connectivity index (χ0v) is 18.8. The molecule has 168 valence electrons. The molecule has 0 saturated carbocycles. The number of anilines is 2. The van der Waals surface area contributed by atoms with Crippen molar-refractivity contribution >= 4 is 23.2 Å². The molecule has 0 spiro atoms. The Labute approximate surface area is 192 Å². The molecule has 3 N–H and O–H groups in total. The summed E-state index contributed by atoms with van der Waals surface area (Å²) in [5, 5.41) is 21.0. The minimum absolute atomic E-state index is 0.0501.